The van der Waals surface area contributed by atoms with E-state index >= 15 is 0 Å². The molecule has 4 nitrogen and oxygen atoms in total. The largest absolute Gasteiger partial charge is 0.381 e. The minimum atomic E-state index is 0. The smallest absolute Gasteiger partial charge is 0.223 e. The van der Waals surface area contributed by atoms with Gasteiger partial charge in [0.15, 0.2) is 0 Å². The van der Waals surface area contributed by atoms with Crippen LogP contribution in [0.25, 0.3) is 0 Å². The first kappa shape index (κ1) is 15.7. The van der Waals surface area contributed by atoms with Crippen LogP contribution >= 0.6 is 12.4 Å². The predicted molar refractivity (Wildman–Crippen MR) is 73.9 cm³/mol. The van der Waals surface area contributed by atoms with Crippen molar-refractivity contribution in [2.24, 2.45) is 17.8 Å². The van der Waals surface area contributed by atoms with Gasteiger partial charge < -0.3 is 15.4 Å². The molecular weight excluding hydrogens is 252 g/mol. The summed E-state index contributed by atoms with van der Waals surface area (Å²) in [5.41, 5.74) is 0. The van der Waals surface area contributed by atoms with Crippen LogP contribution in [0, 0.1) is 17.8 Å². The van der Waals surface area contributed by atoms with E-state index in [0.29, 0.717) is 5.92 Å². The number of rotatable bonds is 8. The third-order valence-electron chi connectivity index (χ3n) is 3.75. The molecule has 0 spiro atoms. The van der Waals surface area contributed by atoms with E-state index in [-0.39, 0.29) is 24.2 Å². The SMILES string of the molecule is CC(C(=O)NCCCOCC1CC1)C1CNC1.Cl. The number of halogens is 1. The zero-order valence-electron chi connectivity index (χ0n) is 11.1. The third-order valence-corrected chi connectivity index (χ3v) is 3.75. The molecule has 1 aliphatic heterocycles. The van der Waals surface area contributed by atoms with Crippen molar-refractivity contribution >= 4 is 18.3 Å². The normalized spacial score (nSPS) is 20.7. The van der Waals surface area contributed by atoms with Gasteiger partial charge >= 0.3 is 0 Å². The molecule has 106 valence electrons. The van der Waals surface area contributed by atoms with Crippen molar-refractivity contribution in [1.82, 2.24) is 10.6 Å². The van der Waals surface area contributed by atoms with E-state index in [0.717, 1.165) is 45.2 Å². The highest BCUT2D eigenvalue weighted by Gasteiger charge is 2.28. The number of nitrogens with one attached hydrogen (secondary N) is 2. The van der Waals surface area contributed by atoms with Crippen LogP contribution in [-0.2, 0) is 9.53 Å². The summed E-state index contributed by atoms with van der Waals surface area (Å²) in [6.45, 7) is 6.42. The van der Waals surface area contributed by atoms with Crippen molar-refractivity contribution in [3.63, 3.8) is 0 Å². The van der Waals surface area contributed by atoms with E-state index in [1.54, 1.807) is 0 Å². The van der Waals surface area contributed by atoms with Crippen molar-refractivity contribution in [2.45, 2.75) is 26.2 Å². The second kappa shape index (κ2) is 7.97. The van der Waals surface area contributed by atoms with Gasteiger partial charge in [0.25, 0.3) is 0 Å². The van der Waals surface area contributed by atoms with Crippen LogP contribution in [0.2, 0.25) is 0 Å². The Morgan fingerprint density at radius 2 is 2.17 bits per heavy atom. The number of carbonyl (C=O) groups excluding carboxylic acids is 1. The number of carbonyl (C=O) groups is 1. The third kappa shape index (κ3) is 5.12. The molecule has 0 radical (unpaired) electrons. The number of amides is 1. The summed E-state index contributed by atoms with van der Waals surface area (Å²) in [5, 5.41) is 6.19. The van der Waals surface area contributed by atoms with Crippen LogP contribution in [0.15, 0.2) is 0 Å². The molecule has 1 saturated carbocycles. The highest BCUT2D eigenvalue weighted by atomic mass is 35.5. The van der Waals surface area contributed by atoms with Gasteiger partial charge in [0.1, 0.15) is 0 Å². The predicted octanol–water partition coefficient (Wildman–Crippen LogP) is 1.20. The van der Waals surface area contributed by atoms with E-state index in [9.17, 15) is 4.79 Å². The zero-order chi connectivity index (χ0) is 12.1. The van der Waals surface area contributed by atoms with Crippen LogP contribution in [0.3, 0.4) is 0 Å². The average Bonchev–Trinajstić information content (AvgIpc) is 3.04. The Morgan fingerprint density at radius 3 is 2.72 bits per heavy atom. The lowest BCUT2D eigenvalue weighted by Gasteiger charge is -2.31. The Labute approximate surface area is 116 Å². The summed E-state index contributed by atoms with van der Waals surface area (Å²) in [6.07, 6.45) is 3.60. The summed E-state index contributed by atoms with van der Waals surface area (Å²) >= 11 is 0. The Hall–Kier alpha value is -0.320. The summed E-state index contributed by atoms with van der Waals surface area (Å²) in [5.74, 6) is 1.69. The van der Waals surface area contributed by atoms with Crippen LogP contribution in [-0.4, -0.2) is 38.8 Å². The molecule has 0 aromatic heterocycles. The fourth-order valence-electron chi connectivity index (χ4n) is 1.96. The quantitative estimate of drug-likeness (QED) is 0.655. The Bertz CT molecular complexity index is 255. The van der Waals surface area contributed by atoms with Gasteiger partial charge in [-0.05, 0) is 44.2 Å². The van der Waals surface area contributed by atoms with Crippen molar-refractivity contribution in [3.05, 3.63) is 0 Å². The molecule has 2 N–H and O–H groups in total. The van der Waals surface area contributed by atoms with Gasteiger partial charge in [-0.15, -0.1) is 12.4 Å². The lowest BCUT2D eigenvalue weighted by atomic mass is 9.88. The Morgan fingerprint density at radius 1 is 1.44 bits per heavy atom. The first-order valence-electron chi connectivity index (χ1n) is 6.83. The fourth-order valence-corrected chi connectivity index (χ4v) is 1.96. The van der Waals surface area contributed by atoms with Gasteiger partial charge in [-0.25, -0.2) is 0 Å². The monoisotopic (exact) mass is 276 g/mol. The summed E-state index contributed by atoms with van der Waals surface area (Å²) in [4.78, 5) is 11.7. The molecule has 1 saturated heterocycles. The molecule has 2 rings (SSSR count). The fraction of sp³-hybridized carbons (Fsp3) is 0.923. The molecular formula is C13H25ClN2O2. The molecule has 5 heteroatoms. The zero-order valence-corrected chi connectivity index (χ0v) is 11.9. The maximum absolute atomic E-state index is 11.7. The molecule has 2 aliphatic rings. The summed E-state index contributed by atoms with van der Waals surface area (Å²) in [7, 11) is 0. The standard InChI is InChI=1S/C13H24N2O2.ClH/c1-10(12-7-14-8-12)13(16)15-5-2-6-17-9-11-3-4-11;/h10-12,14H,2-9H2,1H3,(H,15,16);1H. The lowest BCUT2D eigenvalue weighted by Crippen LogP contribution is -2.49. The van der Waals surface area contributed by atoms with E-state index in [1.165, 1.54) is 12.8 Å². The highest BCUT2D eigenvalue weighted by Crippen LogP contribution is 2.28. The van der Waals surface area contributed by atoms with Gasteiger partial charge in [0, 0.05) is 25.7 Å². The van der Waals surface area contributed by atoms with Crippen LogP contribution in [0.5, 0.6) is 0 Å². The van der Waals surface area contributed by atoms with Crippen molar-refractivity contribution < 1.29 is 9.53 Å². The maximum Gasteiger partial charge on any atom is 0.223 e. The molecule has 1 amide bonds. The number of ether oxygens (including phenoxy) is 1. The van der Waals surface area contributed by atoms with Crippen LogP contribution < -0.4 is 10.6 Å². The molecule has 0 bridgehead atoms. The maximum atomic E-state index is 11.7. The average molecular weight is 277 g/mol. The molecule has 2 fully saturated rings. The topological polar surface area (TPSA) is 50.4 Å². The van der Waals surface area contributed by atoms with Gasteiger partial charge in [-0.3, -0.25) is 4.79 Å². The van der Waals surface area contributed by atoms with E-state index in [4.69, 9.17) is 4.74 Å². The second-order valence-electron chi connectivity index (χ2n) is 5.37. The molecule has 18 heavy (non-hydrogen) atoms. The highest BCUT2D eigenvalue weighted by molar-refractivity contribution is 5.85. The Kier molecular flexibility index (Phi) is 6.97. The lowest BCUT2D eigenvalue weighted by molar-refractivity contribution is -0.126. The van der Waals surface area contributed by atoms with Gasteiger partial charge in [0.2, 0.25) is 5.91 Å². The minimum Gasteiger partial charge on any atom is -0.381 e. The molecule has 0 aromatic rings. The van der Waals surface area contributed by atoms with Gasteiger partial charge in [-0.2, -0.15) is 0 Å². The first-order valence-corrected chi connectivity index (χ1v) is 6.83. The summed E-state index contributed by atoms with van der Waals surface area (Å²) < 4.78 is 5.52. The van der Waals surface area contributed by atoms with E-state index in [2.05, 4.69) is 10.6 Å². The van der Waals surface area contributed by atoms with Gasteiger partial charge in [-0.1, -0.05) is 6.92 Å². The molecule has 0 aromatic carbocycles. The van der Waals surface area contributed by atoms with Crippen molar-refractivity contribution in [2.75, 3.05) is 32.8 Å². The minimum absolute atomic E-state index is 0. The van der Waals surface area contributed by atoms with Gasteiger partial charge in [0.05, 0.1) is 0 Å². The number of hydrogen-bond acceptors (Lipinski definition) is 3. The second-order valence-corrected chi connectivity index (χ2v) is 5.37. The van der Waals surface area contributed by atoms with Crippen LogP contribution in [0.1, 0.15) is 26.2 Å². The van der Waals surface area contributed by atoms with Crippen molar-refractivity contribution in [1.29, 1.82) is 0 Å². The molecule has 1 atom stereocenters. The summed E-state index contributed by atoms with van der Waals surface area (Å²) in [6, 6.07) is 0. The number of hydrogen-bond donors (Lipinski definition) is 2. The first-order chi connectivity index (χ1) is 8.27. The van der Waals surface area contributed by atoms with Crippen molar-refractivity contribution in [3.8, 4) is 0 Å². The molecule has 1 heterocycles. The van der Waals surface area contributed by atoms with Crippen LogP contribution in [0.4, 0.5) is 0 Å². The van der Waals surface area contributed by atoms with E-state index < -0.39 is 0 Å². The molecule has 1 unspecified atom stereocenters. The Balaban J connectivity index is 0.00000162. The molecule has 1 aliphatic carbocycles. The van der Waals surface area contributed by atoms with E-state index in [1.807, 2.05) is 6.92 Å².